The maximum absolute atomic E-state index is 11.2. The summed E-state index contributed by atoms with van der Waals surface area (Å²) in [6.45, 7) is 2.69. The van der Waals surface area contributed by atoms with Gasteiger partial charge in [-0.05, 0) is 24.1 Å². The Morgan fingerprint density at radius 1 is 1.08 bits per heavy atom. The van der Waals surface area contributed by atoms with Gasteiger partial charge in [-0.25, -0.2) is 0 Å². The molecule has 1 fully saturated rings. The average molecular weight is 334 g/mol. The predicted molar refractivity (Wildman–Crippen MR) is 96.1 cm³/mol. The number of hydrogen-bond acceptors (Lipinski definition) is 5. The smallest absolute Gasteiger partial charge is 0.269 e. The number of aliphatic imine (C=N–C) groups is 1. The van der Waals surface area contributed by atoms with Gasteiger partial charge in [0.15, 0.2) is 0 Å². The molecule has 0 bridgehead atoms. The molecule has 25 heavy (non-hydrogen) atoms. The zero-order chi connectivity index (χ0) is 17.0. The summed E-state index contributed by atoms with van der Waals surface area (Å²) in [6, 6.07) is 15.6. The lowest BCUT2D eigenvalue weighted by atomic mass is 9.93. The number of anilines is 1. The number of para-hydroxylation sites is 1. The normalized spacial score (nSPS) is 23.8. The van der Waals surface area contributed by atoms with Crippen molar-refractivity contribution < 1.29 is 4.92 Å². The van der Waals surface area contributed by atoms with Gasteiger partial charge < -0.3 is 9.80 Å². The van der Waals surface area contributed by atoms with Gasteiger partial charge >= 0.3 is 0 Å². The predicted octanol–water partition coefficient (Wildman–Crippen LogP) is 2.99. The zero-order valence-electron chi connectivity index (χ0n) is 13.7. The van der Waals surface area contributed by atoms with E-state index in [2.05, 4.69) is 34.1 Å². The number of benzene rings is 2. The highest BCUT2D eigenvalue weighted by molar-refractivity contribution is 6.06. The number of nitrogens with zero attached hydrogens (tertiary/aromatic N) is 4. The minimum absolute atomic E-state index is 0.169. The van der Waals surface area contributed by atoms with Gasteiger partial charge in [-0.1, -0.05) is 24.3 Å². The van der Waals surface area contributed by atoms with E-state index in [1.54, 1.807) is 18.2 Å². The second-order valence-electron chi connectivity index (χ2n) is 6.77. The molecule has 0 saturated carbocycles. The lowest BCUT2D eigenvalue weighted by molar-refractivity contribution is -0.384. The molecule has 3 aliphatic heterocycles. The number of rotatable bonds is 2. The lowest BCUT2D eigenvalue weighted by Gasteiger charge is -2.43. The van der Waals surface area contributed by atoms with Crippen molar-refractivity contribution in [3.8, 4) is 0 Å². The summed E-state index contributed by atoms with van der Waals surface area (Å²) in [4.78, 5) is 20.4. The molecule has 2 atom stereocenters. The quantitative estimate of drug-likeness (QED) is 0.626. The van der Waals surface area contributed by atoms with Gasteiger partial charge in [0.2, 0.25) is 0 Å². The summed E-state index contributed by atoms with van der Waals surface area (Å²) in [5.41, 5.74) is 3.66. The van der Waals surface area contributed by atoms with Crippen LogP contribution in [-0.4, -0.2) is 41.5 Å². The number of nitro groups is 1. The first-order chi connectivity index (χ1) is 12.2. The van der Waals surface area contributed by atoms with Crippen molar-refractivity contribution in [2.75, 3.05) is 24.5 Å². The Hall–Kier alpha value is -2.89. The molecular weight excluding hydrogens is 316 g/mol. The van der Waals surface area contributed by atoms with E-state index in [1.165, 1.54) is 11.3 Å². The van der Waals surface area contributed by atoms with E-state index < -0.39 is 0 Å². The van der Waals surface area contributed by atoms with Crippen LogP contribution in [0.3, 0.4) is 0 Å². The number of non-ortho nitro benzene ring substituents is 1. The molecule has 3 aliphatic rings. The van der Waals surface area contributed by atoms with Crippen LogP contribution >= 0.6 is 0 Å². The van der Waals surface area contributed by atoms with Crippen LogP contribution in [0.4, 0.5) is 11.4 Å². The molecular formula is C19H18N4O2. The number of fused-ring (bicyclic) bond motifs is 6. The minimum atomic E-state index is -0.310. The molecule has 0 radical (unpaired) electrons. The minimum Gasteiger partial charge on any atom is -0.350 e. The maximum Gasteiger partial charge on any atom is 0.269 e. The first-order valence-corrected chi connectivity index (χ1v) is 8.65. The number of amidine groups is 1. The standard InChI is InChI=1S/C19H18N4O2/c24-23(25)14-5-3-4-13(12-14)15-8-10-21-17-7-2-1-6-16(17)18-20-9-11-22(18)19(15)21/h1-7,12,15,19H,8-11H2. The van der Waals surface area contributed by atoms with Crippen molar-refractivity contribution in [2.45, 2.75) is 18.5 Å². The maximum atomic E-state index is 11.2. The molecule has 0 spiro atoms. The van der Waals surface area contributed by atoms with Crippen LogP contribution in [0, 0.1) is 10.1 Å². The lowest BCUT2D eigenvalue weighted by Crippen LogP contribution is -2.53. The number of nitro benzene ring substituents is 1. The van der Waals surface area contributed by atoms with Gasteiger partial charge in [-0.3, -0.25) is 15.1 Å². The Kier molecular flexibility index (Phi) is 3.07. The second kappa shape index (κ2) is 5.31. The third-order valence-corrected chi connectivity index (χ3v) is 5.52. The molecule has 0 amide bonds. The van der Waals surface area contributed by atoms with Crippen LogP contribution < -0.4 is 4.90 Å². The van der Waals surface area contributed by atoms with Gasteiger partial charge in [0.25, 0.3) is 5.69 Å². The van der Waals surface area contributed by atoms with Crippen LogP contribution in [-0.2, 0) is 0 Å². The molecule has 1 saturated heterocycles. The monoisotopic (exact) mass is 334 g/mol. The van der Waals surface area contributed by atoms with E-state index in [-0.39, 0.29) is 22.7 Å². The van der Waals surface area contributed by atoms with E-state index in [0.717, 1.165) is 37.5 Å². The third-order valence-electron chi connectivity index (χ3n) is 5.52. The molecule has 0 N–H and O–H groups in total. The molecule has 0 aliphatic carbocycles. The SMILES string of the molecule is O=[N+]([O-])c1cccc(C2CCN3c4ccccc4C4=NCCN4C23)c1. The third kappa shape index (κ3) is 2.06. The summed E-state index contributed by atoms with van der Waals surface area (Å²) in [6.07, 6.45) is 1.18. The van der Waals surface area contributed by atoms with E-state index in [9.17, 15) is 10.1 Å². The molecule has 3 heterocycles. The first kappa shape index (κ1) is 14.5. The fourth-order valence-electron chi connectivity index (χ4n) is 4.50. The first-order valence-electron chi connectivity index (χ1n) is 8.65. The topological polar surface area (TPSA) is 62.0 Å². The Morgan fingerprint density at radius 3 is 2.84 bits per heavy atom. The summed E-state index contributed by atoms with van der Waals surface area (Å²) >= 11 is 0. The summed E-state index contributed by atoms with van der Waals surface area (Å²) in [5, 5.41) is 11.2. The van der Waals surface area contributed by atoms with Gasteiger partial charge in [-0.2, -0.15) is 0 Å². The van der Waals surface area contributed by atoms with Crippen molar-refractivity contribution in [2.24, 2.45) is 4.99 Å². The van der Waals surface area contributed by atoms with E-state index in [4.69, 9.17) is 4.99 Å². The molecule has 5 rings (SSSR count). The Labute approximate surface area is 145 Å². The molecule has 6 nitrogen and oxygen atoms in total. The highest BCUT2D eigenvalue weighted by atomic mass is 16.6. The molecule has 6 heteroatoms. The van der Waals surface area contributed by atoms with Crippen molar-refractivity contribution in [1.29, 1.82) is 0 Å². The van der Waals surface area contributed by atoms with Crippen molar-refractivity contribution in [3.05, 3.63) is 69.8 Å². The number of hydrogen-bond donors (Lipinski definition) is 0. The van der Waals surface area contributed by atoms with Crippen LogP contribution in [0.15, 0.2) is 53.5 Å². The molecule has 2 aromatic carbocycles. The van der Waals surface area contributed by atoms with Gasteiger partial charge in [0, 0.05) is 42.4 Å². The van der Waals surface area contributed by atoms with Crippen LogP contribution in [0.2, 0.25) is 0 Å². The zero-order valence-corrected chi connectivity index (χ0v) is 13.7. The van der Waals surface area contributed by atoms with Gasteiger partial charge in [-0.15, -0.1) is 0 Å². The van der Waals surface area contributed by atoms with Crippen molar-refractivity contribution >= 4 is 17.2 Å². The summed E-state index contributed by atoms with van der Waals surface area (Å²) < 4.78 is 0. The van der Waals surface area contributed by atoms with Crippen LogP contribution in [0.25, 0.3) is 0 Å². The summed E-state index contributed by atoms with van der Waals surface area (Å²) in [7, 11) is 0. The van der Waals surface area contributed by atoms with Gasteiger partial charge in [0.05, 0.1) is 11.5 Å². The van der Waals surface area contributed by atoms with Gasteiger partial charge in [0.1, 0.15) is 12.0 Å². The molecule has 126 valence electrons. The van der Waals surface area contributed by atoms with Crippen molar-refractivity contribution in [1.82, 2.24) is 4.90 Å². The second-order valence-corrected chi connectivity index (χ2v) is 6.77. The molecule has 2 aromatic rings. The fourth-order valence-corrected chi connectivity index (χ4v) is 4.50. The Balaban J connectivity index is 1.60. The Bertz CT molecular complexity index is 894. The average Bonchev–Trinajstić information content (AvgIpc) is 3.29. The van der Waals surface area contributed by atoms with E-state index in [1.807, 2.05) is 6.07 Å². The highest BCUT2D eigenvalue weighted by Gasteiger charge is 2.46. The molecule has 2 unspecified atom stereocenters. The Morgan fingerprint density at radius 2 is 1.96 bits per heavy atom. The van der Waals surface area contributed by atoms with Crippen LogP contribution in [0.1, 0.15) is 23.5 Å². The largest absolute Gasteiger partial charge is 0.350 e. The van der Waals surface area contributed by atoms with E-state index >= 15 is 0 Å². The highest BCUT2D eigenvalue weighted by Crippen LogP contribution is 2.44. The molecule has 0 aromatic heterocycles. The van der Waals surface area contributed by atoms with E-state index in [0.29, 0.717) is 0 Å². The van der Waals surface area contributed by atoms with Crippen molar-refractivity contribution in [3.63, 3.8) is 0 Å². The fraction of sp³-hybridized carbons (Fsp3) is 0.316. The van der Waals surface area contributed by atoms with Crippen LogP contribution in [0.5, 0.6) is 0 Å². The summed E-state index contributed by atoms with van der Waals surface area (Å²) in [5.74, 6) is 1.32.